The van der Waals surface area contributed by atoms with Crippen LogP contribution in [0.5, 0.6) is 17.2 Å². The third-order valence-corrected chi connectivity index (χ3v) is 4.50. The second-order valence-corrected chi connectivity index (χ2v) is 6.17. The lowest BCUT2D eigenvalue weighted by Gasteiger charge is -2.14. The lowest BCUT2D eigenvalue weighted by Crippen LogP contribution is -2.29. The molecule has 2 aromatic rings. The third-order valence-electron chi connectivity index (χ3n) is 4.50. The van der Waals surface area contributed by atoms with Gasteiger partial charge in [-0.15, -0.1) is 0 Å². The first kappa shape index (κ1) is 19.4. The Balaban J connectivity index is 1.76. The largest absolute Gasteiger partial charge is 0.493 e. The van der Waals surface area contributed by atoms with Crippen molar-refractivity contribution in [3.63, 3.8) is 0 Å². The molecular formula is C19H20N2O7. The van der Waals surface area contributed by atoms with Crippen molar-refractivity contribution >= 4 is 11.6 Å². The minimum Gasteiger partial charge on any atom is -0.493 e. The molecular weight excluding hydrogens is 368 g/mol. The summed E-state index contributed by atoms with van der Waals surface area (Å²) in [6.45, 7) is 0.499. The first-order chi connectivity index (χ1) is 13.4. The van der Waals surface area contributed by atoms with Crippen molar-refractivity contribution in [2.24, 2.45) is 0 Å². The van der Waals surface area contributed by atoms with Gasteiger partial charge in [-0.2, -0.15) is 0 Å². The number of nitrogens with one attached hydrogen (secondary N) is 1. The van der Waals surface area contributed by atoms with Gasteiger partial charge in [0.2, 0.25) is 0 Å². The Hall–Kier alpha value is -3.33. The average Bonchev–Trinajstić information content (AvgIpc) is 3.18. The molecule has 1 aliphatic rings. The minimum atomic E-state index is -0.964. The van der Waals surface area contributed by atoms with Gasteiger partial charge in [-0.3, -0.25) is 14.9 Å². The standard InChI is InChI=1S/C19H20N2O7/c1-26-17-8-13(14(21(24)25)9-18(17)27-2)19(23)20-10-15(22)11-3-4-16-12(7-11)5-6-28-16/h3-4,7-9,15,22H,5-6,10H2,1-2H3,(H,20,23). The number of nitrogens with zero attached hydrogens (tertiary/aromatic N) is 1. The summed E-state index contributed by atoms with van der Waals surface area (Å²) in [5.41, 5.74) is 1.03. The van der Waals surface area contributed by atoms with Crippen LogP contribution in [0.25, 0.3) is 0 Å². The van der Waals surface area contributed by atoms with Crippen LogP contribution in [-0.2, 0) is 6.42 Å². The molecule has 1 amide bonds. The number of carbonyl (C=O) groups excluding carboxylic acids is 1. The highest BCUT2D eigenvalue weighted by molar-refractivity contribution is 5.99. The molecule has 0 radical (unpaired) electrons. The number of nitro benzene ring substituents is 1. The van der Waals surface area contributed by atoms with Gasteiger partial charge in [0.25, 0.3) is 11.6 Å². The van der Waals surface area contributed by atoms with E-state index in [4.69, 9.17) is 14.2 Å². The lowest BCUT2D eigenvalue weighted by molar-refractivity contribution is -0.385. The highest BCUT2D eigenvalue weighted by Gasteiger charge is 2.25. The summed E-state index contributed by atoms with van der Waals surface area (Å²) in [4.78, 5) is 23.2. The number of rotatable bonds is 7. The molecule has 0 saturated heterocycles. The second kappa shape index (κ2) is 8.13. The SMILES string of the molecule is COc1cc(C(=O)NCC(O)c2ccc3c(c2)CCO3)c([N+](=O)[O-])cc1OC. The van der Waals surface area contributed by atoms with Gasteiger partial charge in [0.15, 0.2) is 11.5 Å². The molecule has 9 nitrogen and oxygen atoms in total. The van der Waals surface area contributed by atoms with E-state index in [1.54, 1.807) is 12.1 Å². The van der Waals surface area contributed by atoms with Gasteiger partial charge in [-0.05, 0) is 23.3 Å². The Labute approximate surface area is 161 Å². The van der Waals surface area contributed by atoms with Gasteiger partial charge in [0.1, 0.15) is 11.3 Å². The van der Waals surface area contributed by atoms with Crippen LogP contribution < -0.4 is 19.5 Å². The molecule has 0 aromatic heterocycles. The van der Waals surface area contributed by atoms with Crippen LogP contribution in [0.1, 0.15) is 27.6 Å². The maximum absolute atomic E-state index is 12.5. The van der Waals surface area contributed by atoms with Crippen LogP contribution >= 0.6 is 0 Å². The Bertz CT molecular complexity index is 913. The number of carbonyl (C=O) groups is 1. The van der Waals surface area contributed by atoms with Gasteiger partial charge in [0.05, 0.1) is 37.9 Å². The number of hydrogen-bond donors (Lipinski definition) is 2. The molecule has 0 fully saturated rings. The molecule has 0 saturated carbocycles. The Morgan fingerprint density at radius 2 is 2.00 bits per heavy atom. The van der Waals surface area contributed by atoms with Gasteiger partial charge in [-0.25, -0.2) is 0 Å². The van der Waals surface area contributed by atoms with E-state index < -0.39 is 22.6 Å². The van der Waals surface area contributed by atoms with Crippen molar-refractivity contribution in [2.45, 2.75) is 12.5 Å². The summed E-state index contributed by atoms with van der Waals surface area (Å²) in [5.74, 6) is 0.431. The highest BCUT2D eigenvalue weighted by atomic mass is 16.6. The van der Waals surface area contributed by atoms with Crippen LogP contribution in [0.3, 0.4) is 0 Å². The lowest BCUT2D eigenvalue weighted by atomic mass is 10.0. The van der Waals surface area contributed by atoms with Crippen LogP contribution in [0.4, 0.5) is 5.69 Å². The summed E-state index contributed by atoms with van der Waals surface area (Å²) < 4.78 is 15.6. The van der Waals surface area contributed by atoms with E-state index in [9.17, 15) is 20.0 Å². The number of aliphatic hydroxyl groups is 1. The van der Waals surface area contributed by atoms with Crippen molar-refractivity contribution in [3.05, 3.63) is 57.1 Å². The number of amides is 1. The number of ether oxygens (including phenoxy) is 3. The summed E-state index contributed by atoms with van der Waals surface area (Å²) in [5, 5.41) is 24.2. The van der Waals surface area contributed by atoms with Gasteiger partial charge in [0, 0.05) is 19.0 Å². The van der Waals surface area contributed by atoms with E-state index in [0.29, 0.717) is 12.2 Å². The summed E-state index contributed by atoms with van der Waals surface area (Å²) >= 11 is 0. The van der Waals surface area contributed by atoms with Crippen molar-refractivity contribution in [1.82, 2.24) is 5.32 Å². The number of fused-ring (bicyclic) bond motifs is 1. The summed E-state index contributed by atoms with van der Waals surface area (Å²) in [6.07, 6.45) is -0.200. The molecule has 3 rings (SSSR count). The minimum absolute atomic E-state index is 0.107. The molecule has 28 heavy (non-hydrogen) atoms. The monoisotopic (exact) mass is 388 g/mol. The molecule has 0 aliphatic carbocycles. The quantitative estimate of drug-likeness (QED) is 0.550. The van der Waals surface area contributed by atoms with Crippen LogP contribution in [0.15, 0.2) is 30.3 Å². The maximum Gasteiger partial charge on any atom is 0.286 e. The summed E-state index contributed by atoms with van der Waals surface area (Å²) in [7, 11) is 2.71. The van der Waals surface area contributed by atoms with Crippen molar-refractivity contribution in [1.29, 1.82) is 0 Å². The fraction of sp³-hybridized carbons (Fsp3) is 0.316. The predicted octanol–water partition coefficient (Wildman–Crippen LogP) is 2.01. The van der Waals surface area contributed by atoms with Crippen LogP contribution in [-0.4, -0.2) is 43.3 Å². The number of benzene rings is 2. The van der Waals surface area contributed by atoms with E-state index in [2.05, 4.69) is 5.32 Å². The third kappa shape index (κ3) is 3.84. The van der Waals surface area contributed by atoms with E-state index in [0.717, 1.165) is 23.8 Å². The molecule has 1 heterocycles. The molecule has 2 aromatic carbocycles. The Kier molecular flexibility index (Phi) is 5.65. The molecule has 2 N–H and O–H groups in total. The molecule has 1 atom stereocenters. The number of aliphatic hydroxyl groups excluding tert-OH is 1. The van der Waals surface area contributed by atoms with Crippen LogP contribution in [0, 0.1) is 10.1 Å². The number of hydrogen-bond acceptors (Lipinski definition) is 7. The molecule has 148 valence electrons. The zero-order valence-electron chi connectivity index (χ0n) is 15.4. The molecule has 0 spiro atoms. The molecule has 0 bridgehead atoms. The first-order valence-corrected chi connectivity index (χ1v) is 8.57. The summed E-state index contributed by atoms with van der Waals surface area (Å²) in [6, 6.07) is 7.70. The number of methoxy groups -OCH3 is 2. The van der Waals surface area contributed by atoms with E-state index in [-0.39, 0.29) is 23.6 Å². The van der Waals surface area contributed by atoms with Crippen molar-refractivity contribution < 1.29 is 29.0 Å². The zero-order valence-corrected chi connectivity index (χ0v) is 15.4. The first-order valence-electron chi connectivity index (χ1n) is 8.57. The Morgan fingerprint density at radius 1 is 1.29 bits per heavy atom. The maximum atomic E-state index is 12.5. The van der Waals surface area contributed by atoms with Crippen LogP contribution in [0.2, 0.25) is 0 Å². The van der Waals surface area contributed by atoms with E-state index in [1.165, 1.54) is 20.3 Å². The topological polar surface area (TPSA) is 120 Å². The van der Waals surface area contributed by atoms with E-state index >= 15 is 0 Å². The molecule has 1 unspecified atom stereocenters. The fourth-order valence-corrected chi connectivity index (χ4v) is 3.02. The fourth-order valence-electron chi connectivity index (χ4n) is 3.02. The van der Waals surface area contributed by atoms with Gasteiger partial charge in [-0.1, -0.05) is 6.07 Å². The van der Waals surface area contributed by atoms with Crippen molar-refractivity contribution in [3.8, 4) is 17.2 Å². The Morgan fingerprint density at radius 3 is 2.68 bits per heavy atom. The van der Waals surface area contributed by atoms with Crippen molar-refractivity contribution in [2.75, 3.05) is 27.4 Å². The van der Waals surface area contributed by atoms with E-state index in [1.807, 2.05) is 6.07 Å². The smallest absolute Gasteiger partial charge is 0.286 e. The average molecular weight is 388 g/mol. The normalized spacial score (nSPS) is 13.2. The molecule has 9 heteroatoms. The predicted molar refractivity (Wildman–Crippen MR) is 99.1 cm³/mol. The zero-order chi connectivity index (χ0) is 20.3. The van der Waals surface area contributed by atoms with Gasteiger partial charge < -0.3 is 24.6 Å². The highest BCUT2D eigenvalue weighted by Crippen LogP contribution is 2.34. The van der Waals surface area contributed by atoms with Gasteiger partial charge >= 0.3 is 0 Å². The number of nitro groups is 1. The molecule has 1 aliphatic heterocycles. The second-order valence-electron chi connectivity index (χ2n) is 6.17.